The van der Waals surface area contributed by atoms with Crippen LogP contribution < -0.4 is 16.0 Å². The first-order valence-corrected chi connectivity index (χ1v) is 6.46. The molecule has 1 aliphatic rings. The second-order valence-corrected chi connectivity index (χ2v) is 4.54. The number of carbonyl (C=O) groups excluding carboxylic acids is 2. The fourth-order valence-corrected chi connectivity index (χ4v) is 1.90. The van der Waals surface area contributed by atoms with Gasteiger partial charge in [-0.05, 0) is 18.6 Å². The van der Waals surface area contributed by atoms with Gasteiger partial charge in [0.25, 0.3) is 5.91 Å². The molecule has 1 atom stereocenters. The van der Waals surface area contributed by atoms with Gasteiger partial charge in [0.1, 0.15) is 5.82 Å². The van der Waals surface area contributed by atoms with Crippen LogP contribution in [-0.4, -0.2) is 35.9 Å². The second kappa shape index (κ2) is 6.17. The van der Waals surface area contributed by atoms with E-state index in [1.807, 2.05) is 0 Å². The van der Waals surface area contributed by atoms with Gasteiger partial charge >= 0.3 is 0 Å². The molecule has 2 heterocycles. The van der Waals surface area contributed by atoms with Crippen molar-refractivity contribution in [3.05, 3.63) is 23.9 Å². The molecule has 1 unspecified atom stereocenters. The Hall–Kier alpha value is -2.11. The molecule has 1 aliphatic heterocycles. The fraction of sp³-hybridized carbons (Fsp3) is 0.462. The van der Waals surface area contributed by atoms with Crippen molar-refractivity contribution in [3.8, 4) is 0 Å². The van der Waals surface area contributed by atoms with E-state index in [1.54, 1.807) is 18.3 Å². The van der Waals surface area contributed by atoms with Crippen molar-refractivity contribution in [2.75, 3.05) is 18.4 Å². The quantitative estimate of drug-likeness (QED) is 0.722. The monoisotopic (exact) mass is 262 g/mol. The molecule has 0 aliphatic carbocycles. The molecular weight excluding hydrogens is 244 g/mol. The number of carbonyl (C=O) groups is 2. The molecule has 102 valence electrons. The molecule has 1 aromatic rings. The van der Waals surface area contributed by atoms with Gasteiger partial charge in [0, 0.05) is 31.3 Å². The maximum Gasteiger partial charge on any atom is 0.251 e. The van der Waals surface area contributed by atoms with Crippen LogP contribution in [-0.2, 0) is 4.79 Å². The molecule has 1 fully saturated rings. The molecule has 6 heteroatoms. The Morgan fingerprint density at radius 2 is 2.42 bits per heavy atom. The molecule has 2 amide bonds. The van der Waals surface area contributed by atoms with E-state index >= 15 is 0 Å². The number of aromatic nitrogens is 1. The van der Waals surface area contributed by atoms with Crippen LogP contribution in [0.3, 0.4) is 0 Å². The van der Waals surface area contributed by atoms with Crippen molar-refractivity contribution in [3.63, 3.8) is 0 Å². The lowest BCUT2D eigenvalue weighted by molar-refractivity contribution is -0.119. The van der Waals surface area contributed by atoms with Crippen molar-refractivity contribution in [1.82, 2.24) is 15.6 Å². The average molecular weight is 262 g/mol. The number of hydrogen-bond donors (Lipinski definition) is 3. The van der Waals surface area contributed by atoms with E-state index in [0.717, 1.165) is 13.0 Å². The SMILES string of the molecule is CCCNc1cc(C(=O)NC2CNC(=O)C2)ccn1. The Bertz CT molecular complexity index is 475. The summed E-state index contributed by atoms with van der Waals surface area (Å²) in [4.78, 5) is 27.2. The Labute approximate surface area is 112 Å². The number of anilines is 1. The number of nitrogens with one attached hydrogen (secondary N) is 3. The van der Waals surface area contributed by atoms with Gasteiger partial charge in [-0.1, -0.05) is 6.92 Å². The Morgan fingerprint density at radius 3 is 3.11 bits per heavy atom. The van der Waals surface area contributed by atoms with Crippen LogP contribution in [0.25, 0.3) is 0 Å². The smallest absolute Gasteiger partial charge is 0.251 e. The van der Waals surface area contributed by atoms with E-state index < -0.39 is 0 Å². The number of amides is 2. The van der Waals surface area contributed by atoms with Gasteiger partial charge in [0.15, 0.2) is 0 Å². The van der Waals surface area contributed by atoms with E-state index in [4.69, 9.17) is 0 Å². The zero-order valence-corrected chi connectivity index (χ0v) is 10.9. The molecule has 1 aromatic heterocycles. The second-order valence-electron chi connectivity index (χ2n) is 4.54. The molecule has 0 saturated carbocycles. The summed E-state index contributed by atoms with van der Waals surface area (Å²) in [5.74, 6) is 0.490. The van der Waals surface area contributed by atoms with Crippen LogP contribution in [0, 0.1) is 0 Å². The van der Waals surface area contributed by atoms with Crippen molar-refractivity contribution in [2.45, 2.75) is 25.8 Å². The van der Waals surface area contributed by atoms with Gasteiger partial charge < -0.3 is 16.0 Å². The molecule has 3 N–H and O–H groups in total. The number of rotatable bonds is 5. The predicted octanol–water partition coefficient (Wildman–Crippen LogP) is 0.522. The Kier molecular flexibility index (Phi) is 4.33. The van der Waals surface area contributed by atoms with Gasteiger partial charge in [-0.25, -0.2) is 4.98 Å². The van der Waals surface area contributed by atoms with Crippen LogP contribution in [0.5, 0.6) is 0 Å². The first kappa shape index (κ1) is 13.3. The molecule has 6 nitrogen and oxygen atoms in total. The largest absolute Gasteiger partial charge is 0.370 e. The van der Waals surface area contributed by atoms with Gasteiger partial charge in [-0.3, -0.25) is 9.59 Å². The molecule has 1 saturated heterocycles. The summed E-state index contributed by atoms with van der Waals surface area (Å²) in [6, 6.07) is 3.26. The molecule has 0 aromatic carbocycles. The summed E-state index contributed by atoms with van der Waals surface area (Å²) in [7, 11) is 0. The number of nitrogens with zero attached hydrogens (tertiary/aromatic N) is 1. The van der Waals surface area contributed by atoms with Crippen LogP contribution in [0.2, 0.25) is 0 Å². The predicted molar refractivity (Wildman–Crippen MR) is 71.9 cm³/mol. The van der Waals surface area contributed by atoms with Crippen molar-refractivity contribution in [2.24, 2.45) is 0 Å². The summed E-state index contributed by atoms with van der Waals surface area (Å²) in [6.07, 6.45) is 2.94. The van der Waals surface area contributed by atoms with E-state index in [2.05, 4.69) is 27.9 Å². The Balaban J connectivity index is 1.96. The van der Waals surface area contributed by atoms with E-state index in [0.29, 0.717) is 24.3 Å². The lowest BCUT2D eigenvalue weighted by Crippen LogP contribution is -2.36. The zero-order valence-electron chi connectivity index (χ0n) is 10.9. The highest BCUT2D eigenvalue weighted by Crippen LogP contribution is 2.08. The van der Waals surface area contributed by atoms with Gasteiger partial charge in [-0.15, -0.1) is 0 Å². The van der Waals surface area contributed by atoms with Gasteiger partial charge in [0.2, 0.25) is 5.91 Å². The van der Waals surface area contributed by atoms with Crippen molar-refractivity contribution < 1.29 is 9.59 Å². The van der Waals surface area contributed by atoms with Crippen LogP contribution in [0.4, 0.5) is 5.82 Å². The standard InChI is InChI=1S/C13H18N4O2/c1-2-4-14-11-6-9(3-5-15-11)13(19)17-10-7-12(18)16-8-10/h3,5-6,10H,2,4,7-8H2,1H3,(H,14,15)(H,16,18)(H,17,19). The third-order valence-corrected chi connectivity index (χ3v) is 2.89. The lowest BCUT2D eigenvalue weighted by atomic mass is 10.2. The molecule has 0 spiro atoms. The topological polar surface area (TPSA) is 83.1 Å². The molecule has 2 rings (SSSR count). The zero-order chi connectivity index (χ0) is 13.7. The van der Waals surface area contributed by atoms with E-state index in [9.17, 15) is 9.59 Å². The summed E-state index contributed by atoms with van der Waals surface area (Å²) in [5, 5.41) is 8.65. The average Bonchev–Trinajstić information content (AvgIpc) is 2.82. The first-order chi connectivity index (χ1) is 9.19. The van der Waals surface area contributed by atoms with E-state index in [-0.39, 0.29) is 17.9 Å². The minimum Gasteiger partial charge on any atom is -0.370 e. The normalized spacial score (nSPS) is 17.9. The molecule has 0 radical (unpaired) electrons. The maximum atomic E-state index is 12.0. The number of pyridine rings is 1. The van der Waals surface area contributed by atoms with Crippen molar-refractivity contribution in [1.29, 1.82) is 0 Å². The minimum absolute atomic E-state index is 0.0228. The molecule has 19 heavy (non-hydrogen) atoms. The number of hydrogen-bond acceptors (Lipinski definition) is 4. The van der Waals surface area contributed by atoms with Crippen LogP contribution in [0.15, 0.2) is 18.3 Å². The lowest BCUT2D eigenvalue weighted by Gasteiger charge is -2.11. The third kappa shape index (κ3) is 3.67. The van der Waals surface area contributed by atoms with Gasteiger partial charge in [-0.2, -0.15) is 0 Å². The molecule has 0 bridgehead atoms. The summed E-state index contributed by atoms with van der Waals surface area (Å²) in [6.45, 7) is 3.38. The first-order valence-electron chi connectivity index (χ1n) is 6.46. The summed E-state index contributed by atoms with van der Waals surface area (Å²) >= 11 is 0. The van der Waals surface area contributed by atoms with E-state index in [1.165, 1.54) is 0 Å². The minimum atomic E-state index is -0.177. The highest BCUT2D eigenvalue weighted by atomic mass is 16.2. The molecular formula is C13H18N4O2. The maximum absolute atomic E-state index is 12.0. The third-order valence-electron chi connectivity index (χ3n) is 2.89. The van der Waals surface area contributed by atoms with Crippen molar-refractivity contribution >= 4 is 17.6 Å². The highest BCUT2D eigenvalue weighted by molar-refractivity contribution is 5.95. The van der Waals surface area contributed by atoms with Crippen LogP contribution >= 0.6 is 0 Å². The fourth-order valence-electron chi connectivity index (χ4n) is 1.90. The van der Waals surface area contributed by atoms with Gasteiger partial charge in [0.05, 0.1) is 6.04 Å². The van der Waals surface area contributed by atoms with Crippen LogP contribution in [0.1, 0.15) is 30.1 Å². The Morgan fingerprint density at radius 1 is 1.58 bits per heavy atom. The summed E-state index contributed by atoms with van der Waals surface area (Å²) < 4.78 is 0. The summed E-state index contributed by atoms with van der Waals surface area (Å²) in [5.41, 5.74) is 0.549. The highest BCUT2D eigenvalue weighted by Gasteiger charge is 2.23.